The zero-order chi connectivity index (χ0) is 13.3. The first-order valence-corrected chi connectivity index (χ1v) is 6.46. The molecule has 1 aliphatic carbocycles. The van der Waals surface area contributed by atoms with E-state index >= 15 is 0 Å². The van der Waals surface area contributed by atoms with Crippen molar-refractivity contribution in [3.63, 3.8) is 0 Å². The first-order chi connectivity index (χ1) is 8.43. The van der Waals surface area contributed by atoms with Gasteiger partial charge < -0.3 is 10.5 Å². The van der Waals surface area contributed by atoms with Crippen LogP contribution in [0.1, 0.15) is 36.0 Å². The maximum Gasteiger partial charge on any atom is 0.125 e. The molecule has 3 nitrogen and oxygen atoms in total. The predicted molar refractivity (Wildman–Crippen MR) is 74.3 cm³/mol. The average molecular weight is 246 g/mol. The smallest absolute Gasteiger partial charge is 0.125 e. The lowest BCUT2D eigenvalue weighted by atomic mass is 10.0. The number of rotatable bonds is 5. The number of hydrogen-bond acceptors (Lipinski definition) is 2. The Morgan fingerprint density at radius 2 is 1.89 bits per heavy atom. The highest BCUT2D eigenvalue weighted by Gasteiger charge is 2.44. The van der Waals surface area contributed by atoms with Crippen molar-refractivity contribution in [1.29, 1.82) is 5.41 Å². The molecule has 3 heteroatoms. The lowest BCUT2D eigenvalue weighted by molar-refractivity contribution is 0.235. The lowest BCUT2D eigenvalue weighted by Gasteiger charge is -2.19. The molecule has 1 aromatic carbocycles. The molecule has 98 valence electrons. The third-order valence-corrected chi connectivity index (χ3v) is 3.92. The summed E-state index contributed by atoms with van der Waals surface area (Å²) in [5, 5.41) is 7.41. The van der Waals surface area contributed by atoms with E-state index in [4.69, 9.17) is 15.9 Å². The number of amidine groups is 1. The van der Waals surface area contributed by atoms with Gasteiger partial charge in [0.1, 0.15) is 5.75 Å². The molecule has 0 atom stereocenters. The normalized spacial score (nSPS) is 16.4. The molecule has 3 N–H and O–H groups in total. The molecule has 0 bridgehead atoms. The Balaban J connectivity index is 2.07. The number of nitrogens with two attached hydrogens (primary N) is 1. The monoisotopic (exact) mass is 246 g/mol. The van der Waals surface area contributed by atoms with Crippen molar-refractivity contribution in [2.75, 3.05) is 6.61 Å². The Labute approximate surface area is 109 Å². The first-order valence-electron chi connectivity index (χ1n) is 6.46. The highest BCUT2D eigenvalue weighted by atomic mass is 16.5. The van der Waals surface area contributed by atoms with E-state index in [-0.39, 0.29) is 11.3 Å². The van der Waals surface area contributed by atoms with Crippen molar-refractivity contribution in [3.8, 4) is 5.75 Å². The van der Waals surface area contributed by atoms with Crippen molar-refractivity contribution in [2.45, 2.75) is 40.0 Å². The van der Waals surface area contributed by atoms with E-state index in [1.165, 1.54) is 16.7 Å². The molecule has 0 radical (unpaired) electrons. The van der Waals surface area contributed by atoms with Gasteiger partial charge in [0.05, 0.1) is 12.4 Å². The van der Waals surface area contributed by atoms with Crippen molar-refractivity contribution < 1.29 is 4.74 Å². The van der Waals surface area contributed by atoms with Crippen LogP contribution in [0.15, 0.2) is 12.1 Å². The van der Waals surface area contributed by atoms with E-state index < -0.39 is 0 Å². The standard InChI is InChI=1S/C15H22N2O/c1-10-4-5-11(2)14(12(10)3)18-9-15(6-7-15)8-13(16)17/h4-5H,6-9H2,1-3H3,(H3,16,17). The molecular formula is C15H22N2O. The van der Waals surface area contributed by atoms with Gasteiger partial charge in [0.25, 0.3) is 0 Å². The van der Waals surface area contributed by atoms with Crippen LogP contribution >= 0.6 is 0 Å². The Morgan fingerprint density at radius 3 is 2.44 bits per heavy atom. The summed E-state index contributed by atoms with van der Waals surface area (Å²) in [4.78, 5) is 0. The molecule has 18 heavy (non-hydrogen) atoms. The minimum atomic E-state index is 0.133. The van der Waals surface area contributed by atoms with E-state index in [0.717, 1.165) is 18.6 Å². The molecule has 0 aromatic heterocycles. The van der Waals surface area contributed by atoms with Gasteiger partial charge in [-0.05, 0) is 50.3 Å². The molecule has 0 saturated heterocycles. The fourth-order valence-corrected chi connectivity index (χ4v) is 2.33. The molecule has 1 aromatic rings. The van der Waals surface area contributed by atoms with E-state index in [2.05, 4.69) is 32.9 Å². The number of hydrogen-bond donors (Lipinski definition) is 2. The van der Waals surface area contributed by atoms with Crippen molar-refractivity contribution in [1.82, 2.24) is 0 Å². The number of aryl methyl sites for hydroxylation is 2. The van der Waals surface area contributed by atoms with Gasteiger partial charge in [0.2, 0.25) is 0 Å². The van der Waals surface area contributed by atoms with Crippen LogP contribution in [-0.2, 0) is 0 Å². The predicted octanol–water partition coefficient (Wildman–Crippen LogP) is 3.10. The third kappa shape index (κ3) is 2.66. The minimum Gasteiger partial charge on any atom is -0.492 e. The zero-order valence-corrected chi connectivity index (χ0v) is 11.5. The van der Waals surface area contributed by atoms with Gasteiger partial charge in [-0.3, -0.25) is 5.41 Å². The largest absolute Gasteiger partial charge is 0.492 e. The molecule has 1 fully saturated rings. The topological polar surface area (TPSA) is 59.1 Å². The van der Waals surface area contributed by atoms with Crippen molar-refractivity contribution in [2.24, 2.45) is 11.1 Å². The molecule has 2 rings (SSSR count). The Morgan fingerprint density at radius 1 is 1.28 bits per heavy atom. The van der Waals surface area contributed by atoms with Crippen LogP contribution in [0.3, 0.4) is 0 Å². The summed E-state index contributed by atoms with van der Waals surface area (Å²) >= 11 is 0. The number of benzene rings is 1. The first kappa shape index (κ1) is 12.9. The number of nitrogens with one attached hydrogen (secondary N) is 1. The summed E-state index contributed by atoms with van der Waals surface area (Å²) in [6.07, 6.45) is 2.91. The van der Waals surface area contributed by atoms with E-state index in [9.17, 15) is 0 Å². The fraction of sp³-hybridized carbons (Fsp3) is 0.533. The third-order valence-electron chi connectivity index (χ3n) is 3.92. The lowest BCUT2D eigenvalue weighted by Crippen LogP contribution is -2.22. The molecule has 0 amide bonds. The summed E-state index contributed by atoms with van der Waals surface area (Å²) < 4.78 is 6.02. The summed E-state index contributed by atoms with van der Waals surface area (Å²) in [5.74, 6) is 1.28. The summed E-state index contributed by atoms with van der Waals surface area (Å²) in [5.41, 5.74) is 9.28. The van der Waals surface area contributed by atoms with E-state index in [1.807, 2.05) is 0 Å². The second-order valence-corrected chi connectivity index (χ2v) is 5.64. The van der Waals surface area contributed by atoms with Gasteiger partial charge in [0, 0.05) is 11.8 Å². The molecule has 0 unspecified atom stereocenters. The average Bonchev–Trinajstić information content (AvgIpc) is 3.03. The van der Waals surface area contributed by atoms with Gasteiger partial charge in [0.15, 0.2) is 0 Å². The van der Waals surface area contributed by atoms with Gasteiger partial charge >= 0.3 is 0 Å². The van der Waals surface area contributed by atoms with Gasteiger partial charge in [-0.2, -0.15) is 0 Å². The fourth-order valence-electron chi connectivity index (χ4n) is 2.33. The molecule has 0 heterocycles. The van der Waals surface area contributed by atoms with Crippen LogP contribution in [0, 0.1) is 31.6 Å². The maximum absolute atomic E-state index is 7.41. The highest BCUT2D eigenvalue weighted by molar-refractivity contribution is 5.78. The second kappa shape index (κ2) is 4.63. The summed E-state index contributed by atoms with van der Waals surface area (Å²) in [6.45, 7) is 6.95. The Hall–Kier alpha value is -1.51. The van der Waals surface area contributed by atoms with Crippen LogP contribution in [-0.4, -0.2) is 12.4 Å². The highest BCUT2D eigenvalue weighted by Crippen LogP contribution is 2.49. The van der Waals surface area contributed by atoms with Crippen LogP contribution in [0.25, 0.3) is 0 Å². The van der Waals surface area contributed by atoms with Gasteiger partial charge in [-0.25, -0.2) is 0 Å². The van der Waals surface area contributed by atoms with E-state index in [1.54, 1.807) is 0 Å². The molecule has 1 aliphatic rings. The molecular weight excluding hydrogens is 224 g/mol. The van der Waals surface area contributed by atoms with Crippen LogP contribution in [0.2, 0.25) is 0 Å². The zero-order valence-electron chi connectivity index (χ0n) is 11.5. The van der Waals surface area contributed by atoms with Crippen molar-refractivity contribution in [3.05, 3.63) is 28.8 Å². The SMILES string of the molecule is Cc1ccc(C)c(OCC2(CC(=N)N)CC2)c1C. The minimum absolute atomic E-state index is 0.133. The second-order valence-electron chi connectivity index (χ2n) is 5.64. The molecule has 0 aliphatic heterocycles. The molecule has 1 saturated carbocycles. The Kier molecular flexibility index (Phi) is 3.33. The van der Waals surface area contributed by atoms with Crippen molar-refractivity contribution >= 4 is 5.84 Å². The number of ether oxygens (including phenoxy) is 1. The quantitative estimate of drug-likeness (QED) is 0.619. The maximum atomic E-state index is 7.41. The van der Waals surface area contributed by atoms with Gasteiger partial charge in [-0.15, -0.1) is 0 Å². The van der Waals surface area contributed by atoms with E-state index in [0.29, 0.717) is 13.0 Å². The van der Waals surface area contributed by atoms with Crippen LogP contribution < -0.4 is 10.5 Å². The summed E-state index contributed by atoms with van der Waals surface area (Å²) in [6, 6.07) is 4.22. The summed E-state index contributed by atoms with van der Waals surface area (Å²) in [7, 11) is 0. The van der Waals surface area contributed by atoms with Crippen LogP contribution in [0.4, 0.5) is 0 Å². The molecule has 0 spiro atoms. The Bertz CT molecular complexity index is 476. The van der Waals surface area contributed by atoms with Crippen LogP contribution in [0.5, 0.6) is 5.75 Å². The van der Waals surface area contributed by atoms with Gasteiger partial charge in [-0.1, -0.05) is 12.1 Å².